The largest absolute Gasteiger partial charge is 0.477 e. The Hall–Kier alpha value is -2.18. The van der Waals surface area contributed by atoms with E-state index in [2.05, 4.69) is 5.32 Å². The van der Waals surface area contributed by atoms with Gasteiger partial charge in [-0.25, -0.2) is 4.79 Å². The molecular weight excluding hydrogens is 306 g/mol. The van der Waals surface area contributed by atoms with E-state index >= 15 is 0 Å². The number of fused-ring (bicyclic) bond motifs is 1. The maximum atomic E-state index is 12.4. The minimum Gasteiger partial charge on any atom is -0.477 e. The molecule has 0 bridgehead atoms. The topological polar surface area (TPSA) is 66.4 Å². The summed E-state index contributed by atoms with van der Waals surface area (Å²) < 4.78 is 1.05. The van der Waals surface area contributed by atoms with E-state index in [1.54, 1.807) is 11.4 Å². The molecule has 0 radical (unpaired) electrons. The molecule has 0 spiro atoms. The number of carboxylic acid groups (broad SMARTS) is 1. The van der Waals surface area contributed by atoms with Crippen molar-refractivity contribution in [1.82, 2.24) is 0 Å². The summed E-state index contributed by atoms with van der Waals surface area (Å²) in [5.74, 6) is -1.30. The van der Waals surface area contributed by atoms with Crippen LogP contribution in [0.4, 0.5) is 5.69 Å². The van der Waals surface area contributed by atoms with Crippen LogP contribution in [0.25, 0.3) is 10.1 Å². The van der Waals surface area contributed by atoms with Crippen LogP contribution in [0.15, 0.2) is 35.7 Å². The van der Waals surface area contributed by atoms with Gasteiger partial charge in [-0.1, -0.05) is 18.2 Å². The van der Waals surface area contributed by atoms with Crippen molar-refractivity contribution in [1.29, 1.82) is 0 Å². The Morgan fingerprint density at radius 2 is 1.90 bits per heavy atom. The van der Waals surface area contributed by atoms with Gasteiger partial charge in [0.1, 0.15) is 4.88 Å². The van der Waals surface area contributed by atoms with E-state index in [1.165, 1.54) is 11.3 Å². The van der Waals surface area contributed by atoms with E-state index in [9.17, 15) is 9.59 Å². The second kappa shape index (κ2) is 5.31. The van der Waals surface area contributed by atoms with E-state index in [-0.39, 0.29) is 10.8 Å². The number of hydrogen-bond acceptors (Lipinski definition) is 4. The zero-order valence-electron chi connectivity index (χ0n) is 11.0. The highest BCUT2D eigenvalue weighted by atomic mass is 32.1. The number of benzene rings is 1. The standard InChI is InChI=1S/C15H11NO3S2/c1-8-9-4-2-3-5-11(9)21-12(8)14(17)16-10-6-7-20-13(10)15(18)19/h2-7H,1H3,(H,16,17)(H,18,19). The van der Waals surface area contributed by atoms with Gasteiger partial charge in [-0.05, 0) is 35.4 Å². The summed E-state index contributed by atoms with van der Waals surface area (Å²) in [6.45, 7) is 1.90. The number of hydrogen-bond donors (Lipinski definition) is 2. The first kappa shape index (κ1) is 13.8. The number of thiophene rings is 2. The fourth-order valence-corrected chi connectivity index (χ4v) is 3.93. The summed E-state index contributed by atoms with van der Waals surface area (Å²) in [6, 6.07) is 9.42. The molecule has 106 valence electrons. The predicted molar refractivity (Wildman–Crippen MR) is 85.8 cm³/mol. The van der Waals surface area contributed by atoms with Gasteiger partial charge in [-0.2, -0.15) is 0 Å². The van der Waals surface area contributed by atoms with E-state index in [4.69, 9.17) is 5.11 Å². The molecule has 2 heterocycles. The van der Waals surface area contributed by atoms with Crippen molar-refractivity contribution in [3.05, 3.63) is 51.0 Å². The third-order valence-corrected chi connectivity index (χ3v) is 5.33. The van der Waals surface area contributed by atoms with Gasteiger partial charge in [0.15, 0.2) is 0 Å². The molecular formula is C15H11NO3S2. The Labute approximate surface area is 128 Å². The van der Waals surface area contributed by atoms with E-state index in [0.29, 0.717) is 10.6 Å². The molecule has 0 saturated heterocycles. The number of anilines is 1. The molecule has 0 atom stereocenters. The first-order valence-corrected chi connectivity index (χ1v) is 7.88. The summed E-state index contributed by atoms with van der Waals surface area (Å²) in [5.41, 5.74) is 1.26. The number of rotatable bonds is 3. The quantitative estimate of drug-likeness (QED) is 0.760. The van der Waals surface area contributed by atoms with E-state index in [0.717, 1.165) is 27.0 Å². The number of amides is 1. The lowest BCUT2D eigenvalue weighted by molar-refractivity contribution is 0.0703. The van der Waals surface area contributed by atoms with Crippen molar-refractivity contribution in [2.75, 3.05) is 5.32 Å². The van der Waals surface area contributed by atoms with Crippen molar-refractivity contribution < 1.29 is 14.7 Å². The minimum atomic E-state index is -1.03. The average molecular weight is 317 g/mol. The highest BCUT2D eigenvalue weighted by molar-refractivity contribution is 7.21. The molecule has 0 aliphatic heterocycles. The Morgan fingerprint density at radius 1 is 1.14 bits per heavy atom. The highest BCUT2D eigenvalue weighted by Gasteiger charge is 2.18. The van der Waals surface area contributed by atoms with Crippen molar-refractivity contribution in [3.63, 3.8) is 0 Å². The third-order valence-electron chi connectivity index (χ3n) is 3.16. The molecule has 0 aliphatic carbocycles. The molecule has 0 fully saturated rings. The molecule has 3 rings (SSSR count). The number of carbonyl (C=O) groups is 2. The number of aromatic carboxylic acids is 1. The zero-order valence-corrected chi connectivity index (χ0v) is 12.7. The van der Waals surface area contributed by atoms with Crippen LogP contribution in [0, 0.1) is 6.92 Å². The Morgan fingerprint density at radius 3 is 2.62 bits per heavy atom. The predicted octanol–water partition coefficient (Wildman–Crippen LogP) is 4.22. The molecule has 0 unspecified atom stereocenters. The van der Waals surface area contributed by atoms with Gasteiger partial charge in [0, 0.05) is 4.70 Å². The van der Waals surface area contributed by atoms with Crippen LogP contribution >= 0.6 is 22.7 Å². The average Bonchev–Trinajstić information content (AvgIpc) is 3.04. The number of nitrogens with one attached hydrogen (secondary N) is 1. The van der Waals surface area contributed by atoms with Gasteiger partial charge in [0.25, 0.3) is 5.91 Å². The van der Waals surface area contributed by atoms with Gasteiger partial charge < -0.3 is 10.4 Å². The zero-order chi connectivity index (χ0) is 15.0. The van der Waals surface area contributed by atoms with Gasteiger partial charge >= 0.3 is 5.97 Å². The van der Waals surface area contributed by atoms with Crippen molar-refractivity contribution in [3.8, 4) is 0 Å². The van der Waals surface area contributed by atoms with Crippen molar-refractivity contribution >= 4 is 50.3 Å². The first-order chi connectivity index (χ1) is 10.1. The monoisotopic (exact) mass is 317 g/mol. The van der Waals surface area contributed by atoms with Crippen LogP contribution in [0.1, 0.15) is 24.9 Å². The van der Waals surface area contributed by atoms with Crippen LogP contribution in [0.2, 0.25) is 0 Å². The first-order valence-electron chi connectivity index (χ1n) is 6.18. The van der Waals surface area contributed by atoms with E-state index in [1.807, 2.05) is 31.2 Å². The third kappa shape index (κ3) is 2.43. The lowest BCUT2D eigenvalue weighted by Crippen LogP contribution is -2.13. The highest BCUT2D eigenvalue weighted by Crippen LogP contribution is 2.31. The maximum absolute atomic E-state index is 12.4. The Balaban J connectivity index is 1.96. The van der Waals surface area contributed by atoms with Crippen LogP contribution in [0.5, 0.6) is 0 Å². The van der Waals surface area contributed by atoms with Crippen LogP contribution < -0.4 is 5.32 Å². The molecule has 1 amide bonds. The van der Waals surface area contributed by atoms with E-state index < -0.39 is 5.97 Å². The lowest BCUT2D eigenvalue weighted by atomic mass is 10.1. The van der Waals surface area contributed by atoms with Crippen LogP contribution in [0.3, 0.4) is 0 Å². The summed E-state index contributed by atoms with van der Waals surface area (Å²) >= 11 is 2.51. The van der Waals surface area contributed by atoms with Crippen LogP contribution in [-0.2, 0) is 0 Å². The second-order valence-electron chi connectivity index (χ2n) is 4.48. The maximum Gasteiger partial charge on any atom is 0.348 e. The molecule has 21 heavy (non-hydrogen) atoms. The molecule has 6 heteroatoms. The molecule has 1 aromatic carbocycles. The number of carbonyl (C=O) groups excluding carboxylic acids is 1. The van der Waals surface area contributed by atoms with Gasteiger partial charge in [0.2, 0.25) is 0 Å². The van der Waals surface area contributed by atoms with Crippen molar-refractivity contribution in [2.45, 2.75) is 6.92 Å². The summed E-state index contributed by atoms with van der Waals surface area (Å²) in [4.78, 5) is 24.2. The summed E-state index contributed by atoms with van der Waals surface area (Å²) in [6.07, 6.45) is 0. The molecule has 4 nitrogen and oxygen atoms in total. The van der Waals surface area contributed by atoms with Crippen LogP contribution in [-0.4, -0.2) is 17.0 Å². The lowest BCUT2D eigenvalue weighted by Gasteiger charge is -2.03. The minimum absolute atomic E-state index is 0.141. The Bertz CT molecular complexity index is 848. The number of aryl methyl sites for hydroxylation is 1. The summed E-state index contributed by atoms with van der Waals surface area (Å²) in [7, 11) is 0. The van der Waals surface area contributed by atoms with Gasteiger partial charge in [-0.15, -0.1) is 22.7 Å². The molecule has 3 aromatic rings. The molecule has 0 aliphatic rings. The van der Waals surface area contributed by atoms with Gasteiger partial charge in [-0.3, -0.25) is 4.79 Å². The Kier molecular flexibility index (Phi) is 3.48. The summed E-state index contributed by atoms with van der Waals surface area (Å²) in [5, 5.41) is 14.5. The smallest absolute Gasteiger partial charge is 0.348 e. The second-order valence-corrected chi connectivity index (χ2v) is 6.44. The number of carboxylic acids is 1. The fourth-order valence-electron chi connectivity index (χ4n) is 2.14. The molecule has 0 saturated carbocycles. The molecule has 2 aromatic heterocycles. The SMILES string of the molecule is Cc1c(C(=O)Nc2ccsc2C(=O)O)sc2ccccc12. The van der Waals surface area contributed by atoms with Crippen molar-refractivity contribution in [2.24, 2.45) is 0 Å². The van der Waals surface area contributed by atoms with Gasteiger partial charge in [0.05, 0.1) is 10.6 Å². The normalized spacial score (nSPS) is 10.7. The molecule has 2 N–H and O–H groups in total. The fraction of sp³-hybridized carbons (Fsp3) is 0.0667.